The fourth-order valence-electron chi connectivity index (χ4n) is 0.416. The van der Waals surface area contributed by atoms with Gasteiger partial charge in [0.2, 0.25) is 0 Å². The number of hydrogen-bond acceptors (Lipinski definition) is 1. The fourth-order valence-corrected chi connectivity index (χ4v) is 0.416. The molecule has 1 aliphatic heterocycles. The predicted octanol–water partition coefficient (Wildman–Crippen LogP) is 0.0866. The molecule has 1 heterocycles. The average Bonchev–Trinajstić information content (AvgIpc) is 2.12. The molecule has 1 radical (unpaired) electrons. The van der Waals surface area contributed by atoms with E-state index in [-0.39, 0.29) is 5.57 Å². The maximum Gasteiger partial charge on any atom is 0.337 e. The Labute approximate surface area is 46.3 Å². The third-order valence-electron chi connectivity index (χ3n) is 0.801. The number of rotatable bonds is 1. The van der Waals surface area contributed by atoms with Crippen LogP contribution in [0.2, 0.25) is 0 Å². The highest BCUT2D eigenvalue weighted by Gasteiger charge is 2.04. The van der Waals surface area contributed by atoms with Gasteiger partial charge in [-0.3, -0.25) is 5.32 Å². The molecule has 1 aliphatic rings. The van der Waals surface area contributed by atoms with Gasteiger partial charge in [-0.1, -0.05) is 0 Å². The van der Waals surface area contributed by atoms with Crippen molar-refractivity contribution in [2.24, 2.45) is 0 Å². The lowest BCUT2D eigenvalue weighted by Gasteiger charge is -1.81. The minimum absolute atomic E-state index is 0.241. The Hall–Kier alpha value is -1.25. The highest BCUT2D eigenvalue weighted by molar-refractivity contribution is 5.90. The smallest absolute Gasteiger partial charge is 0.337 e. The van der Waals surface area contributed by atoms with E-state index in [0.717, 1.165) is 0 Å². The van der Waals surface area contributed by atoms with Crippen LogP contribution in [0.5, 0.6) is 0 Å². The van der Waals surface area contributed by atoms with Crippen LogP contribution in [0.15, 0.2) is 24.0 Å². The Morgan fingerprint density at radius 2 is 2.50 bits per heavy atom. The highest BCUT2D eigenvalue weighted by atomic mass is 16.4. The molecule has 0 unspecified atom stereocenters. The fraction of sp³-hybridized carbons (Fsp3) is 0. The quantitative estimate of drug-likeness (QED) is 0.520. The second-order valence-corrected chi connectivity index (χ2v) is 1.35. The number of aliphatic carboxylic acids is 1. The van der Waals surface area contributed by atoms with Crippen LogP contribution in [-0.2, 0) is 4.79 Å². The summed E-state index contributed by atoms with van der Waals surface area (Å²) in [5.74, 6) is -0.928. The summed E-state index contributed by atoms with van der Waals surface area (Å²) >= 11 is 0. The Balaban J connectivity index is 2.72. The number of nitrogens with zero attached hydrogens (tertiary/aromatic N) is 1. The SMILES string of the molecule is O=C(O)C1=C[N]C=C1. The molecule has 0 atom stereocenters. The summed E-state index contributed by atoms with van der Waals surface area (Å²) in [7, 11) is 0. The summed E-state index contributed by atoms with van der Waals surface area (Å²) in [5.41, 5.74) is 0.241. The largest absolute Gasteiger partial charge is 0.478 e. The molecule has 41 valence electrons. The lowest BCUT2D eigenvalue weighted by molar-refractivity contribution is -0.132. The molecule has 0 fully saturated rings. The van der Waals surface area contributed by atoms with Gasteiger partial charge in [-0.15, -0.1) is 0 Å². The first-order valence-electron chi connectivity index (χ1n) is 2.10. The predicted molar refractivity (Wildman–Crippen MR) is 27.0 cm³/mol. The molecule has 0 saturated carbocycles. The van der Waals surface area contributed by atoms with Crippen molar-refractivity contribution in [3.63, 3.8) is 0 Å². The maximum absolute atomic E-state index is 10.0. The summed E-state index contributed by atoms with van der Waals surface area (Å²) in [5, 5.41) is 11.8. The molecule has 3 heteroatoms. The highest BCUT2D eigenvalue weighted by Crippen LogP contribution is 2.00. The van der Waals surface area contributed by atoms with Crippen LogP contribution in [0, 0.1) is 0 Å². The first kappa shape index (κ1) is 4.90. The van der Waals surface area contributed by atoms with Crippen LogP contribution in [0.25, 0.3) is 0 Å². The Bertz CT molecular complexity index is 169. The zero-order chi connectivity index (χ0) is 5.98. The number of hydrogen-bond donors (Lipinski definition) is 1. The molecule has 0 aromatic carbocycles. The first-order chi connectivity index (χ1) is 3.80. The van der Waals surface area contributed by atoms with Crippen LogP contribution in [0.4, 0.5) is 0 Å². The van der Waals surface area contributed by atoms with Crippen LogP contribution in [0.3, 0.4) is 0 Å². The summed E-state index contributed by atoms with van der Waals surface area (Å²) in [6, 6.07) is 0. The van der Waals surface area contributed by atoms with Crippen molar-refractivity contribution in [3.8, 4) is 0 Å². The third kappa shape index (κ3) is 0.703. The van der Waals surface area contributed by atoms with E-state index in [2.05, 4.69) is 5.32 Å². The Morgan fingerprint density at radius 3 is 2.75 bits per heavy atom. The van der Waals surface area contributed by atoms with Gasteiger partial charge in [-0.05, 0) is 6.08 Å². The van der Waals surface area contributed by atoms with Crippen molar-refractivity contribution in [2.45, 2.75) is 0 Å². The van der Waals surface area contributed by atoms with Crippen LogP contribution in [0.1, 0.15) is 0 Å². The lowest BCUT2D eigenvalue weighted by Crippen LogP contribution is -1.95. The minimum Gasteiger partial charge on any atom is -0.478 e. The number of carbonyl (C=O) groups is 1. The van der Waals surface area contributed by atoms with Gasteiger partial charge in [0.25, 0.3) is 0 Å². The van der Waals surface area contributed by atoms with Gasteiger partial charge in [-0.25, -0.2) is 4.79 Å². The molecule has 0 saturated heterocycles. The van der Waals surface area contributed by atoms with Crippen LogP contribution < -0.4 is 5.32 Å². The lowest BCUT2D eigenvalue weighted by atomic mass is 10.3. The molecule has 0 bridgehead atoms. The Kier molecular flexibility index (Phi) is 1.04. The molecule has 0 spiro atoms. The number of carboxylic acids is 1. The van der Waals surface area contributed by atoms with E-state index >= 15 is 0 Å². The maximum atomic E-state index is 10.0. The van der Waals surface area contributed by atoms with Crippen molar-refractivity contribution < 1.29 is 9.90 Å². The van der Waals surface area contributed by atoms with Gasteiger partial charge >= 0.3 is 5.97 Å². The van der Waals surface area contributed by atoms with Crippen molar-refractivity contribution >= 4 is 5.97 Å². The molecule has 1 N–H and O–H groups in total. The van der Waals surface area contributed by atoms with Crippen LogP contribution >= 0.6 is 0 Å². The van der Waals surface area contributed by atoms with Crippen molar-refractivity contribution in [3.05, 3.63) is 24.0 Å². The topological polar surface area (TPSA) is 51.4 Å². The second kappa shape index (κ2) is 1.69. The van der Waals surface area contributed by atoms with Gasteiger partial charge in [-0.2, -0.15) is 0 Å². The van der Waals surface area contributed by atoms with Gasteiger partial charge in [0, 0.05) is 12.4 Å². The summed E-state index contributed by atoms with van der Waals surface area (Å²) in [4.78, 5) is 10.0. The van der Waals surface area contributed by atoms with E-state index in [4.69, 9.17) is 5.11 Å². The molecule has 0 amide bonds. The van der Waals surface area contributed by atoms with Gasteiger partial charge in [0.1, 0.15) is 0 Å². The zero-order valence-electron chi connectivity index (χ0n) is 4.03. The minimum atomic E-state index is -0.928. The van der Waals surface area contributed by atoms with E-state index in [9.17, 15) is 4.79 Å². The molecule has 0 aromatic rings. The van der Waals surface area contributed by atoms with Gasteiger partial charge in [0.15, 0.2) is 0 Å². The summed E-state index contributed by atoms with van der Waals surface area (Å²) in [6.45, 7) is 0. The molecular formula is C5H4NO2. The van der Waals surface area contributed by atoms with E-state index in [1.165, 1.54) is 18.5 Å². The number of carboxylic acid groups (broad SMARTS) is 1. The van der Waals surface area contributed by atoms with Crippen molar-refractivity contribution in [1.82, 2.24) is 5.32 Å². The normalized spacial score (nSPS) is 15.2. The third-order valence-corrected chi connectivity index (χ3v) is 0.801. The molecule has 8 heavy (non-hydrogen) atoms. The van der Waals surface area contributed by atoms with Crippen molar-refractivity contribution in [1.29, 1.82) is 0 Å². The van der Waals surface area contributed by atoms with E-state index in [1.54, 1.807) is 0 Å². The first-order valence-corrected chi connectivity index (χ1v) is 2.10. The molecular weight excluding hydrogens is 106 g/mol. The summed E-state index contributed by atoms with van der Waals surface area (Å²) < 4.78 is 0. The molecule has 0 aromatic heterocycles. The summed E-state index contributed by atoms with van der Waals surface area (Å²) in [6.07, 6.45) is 4.20. The Morgan fingerprint density at radius 1 is 1.75 bits per heavy atom. The zero-order valence-corrected chi connectivity index (χ0v) is 4.03. The van der Waals surface area contributed by atoms with Gasteiger partial charge < -0.3 is 5.11 Å². The molecule has 0 aliphatic carbocycles. The molecule has 1 rings (SSSR count). The van der Waals surface area contributed by atoms with E-state index in [0.29, 0.717) is 0 Å². The van der Waals surface area contributed by atoms with Gasteiger partial charge in [0.05, 0.1) is 5.57 Å². The van der Waals surface area contributed by atoms with E-state index < -0.39 is 5.97 Å². The molecule has 3 nitrogen and oxygen atoms in total. The second-order valence-electron chi connectivity index (χ2n) is 1.35. The van der Waals surface area contributed by atoms with E-state index in [1.807, 2.05) is 0 Å². The van der Waals surface area contributed by atoms with Crippen molar-refractivity contribution in [2.75, 3.05) is 0 Å². The average molecular weight is 110 g/mol. The standard InChI is InChI=1S/C5H4NO2/c7-5(8)4-1-2-6-3-4/h1-3H,(H,7,8). The monoisotopic (exact) mass is 110 g/mol. The van der Waals surface area contributed by atoms with Crippen LogP contribution in [-0.4, -0.2) is 11.1 Å².